The fourth-order valence-corrected chi connectivity index (χ4v) is 20.4. The summed E-state index contributed by atoms with van der Waals surface area (Å²) in [6.45, 7) is 0. The lowest BCUT2D eigenvalue weighted by Crippen LogP contribution is -2.28. The van der Waals surface area contributed by atoms with E-state index < -0.39 is 10.8 Å². The lowest BCUT2D eigenvalue weighted by molar-refractivity contribution is 0.665. The van der Waals surface area contributed by atoms with Crippen LogP contribution in [0.4, 0.5) is 0 Å². The van der Waals surface area contributed by atoms with E-state index in [2.05, 4.69) is 328 Å². The molecule has 0 aliphatic heterocycles. The minimum Gasteiger partial charge on any atom is -0.456 e. The molecule has 0 unspecified atom stereocenters. The molecule has 10 heteroatoms. The molecule has 2 aliphatic rings. The van der Waals surface area contributed by atoms with Gasteiger partial charge < -0.3 is 17.7 Å². The third kappa shape index (κ3) is 11.0. The van der Waals surface area contributed by atoms with Crippen LogP contribution in [-0.4, -0.2) is 29.9 Å². The van der Waals surface area contributed by atoms with Crippen LogP contribution < -0.4 is 0 Å². The molecule has 2 aliphatic carbocycles. The summed E-state index contributed by atoms with van der Waals surface area (Å²) in [6, 6.07) is 146. The average Bonchev–Trinajstić information content (AvgIpc) is 1.54. The minimum atomic E-state index is -0.635. The fourth-order valence-electron chi connectivity index (χ4n) is 20.4. The van der Waals surface area contributed by atoms with Gasteiger partial charge in [0.25, 0.3) is 0 Å². The molecular formula is C116H68N6O4. The molecule has 0 saturated carbocycles. The van der Waals surface area contributed by atoms with Crippen LogP contribution in [0.25, 0.3) is 212 Å². The van der Waals surface area contributed by atoms with Crippen molar-refractivity contribution in [3.63, 3.8) is 0 Å². The van der Waals surface area contributed by atoms with Gasteiger partial charge in [-0.2, -0.15) is 0 Å². The van der Waals surface area contributed by atoms with Crippen molar-refractivity contribution in [3.05, 3.63) is 457 Å². The second-order valence-corrected chi connectivity index (χ2v) is 33.0. The fraction of sp³-hybridized carbons (Fsp3) is 0.0172. The van der Waals surface area contributed by atoms with Crippen molar-refractivity contribution in [3.8, 4) is 124 Å². The van der Waals surface area contributed by atoms with Gasteiger partial charge in [0.1, 0.15) is 44.7 Å². The topological polar surface area (TPSA) is 130 Å². The van der Waals surface area contributed by atoms with Crippen molar-refractivity contribution in [2.24, 2.45) is 0 Å². The van der Waals surface area contributed by atoms with Crippen LogP contribution in [0.5, 0.6) is 0 Å². The van der Waals surface area contributed by atoms with Gasteiger partial charge in [-0.1, -0.05) is 334 Å². The lowest BCUT2D eigenvalue weighted by atomic mass is 9.67. The second-order valence-electron chi connectivity index (χ2n) is 33.0. The highest BCUT2D eigenvalue weighted by Gasteiger charge is 2.48. The summed E-state index contributed by atoms with van der Waals surface area (Å²) in [5.74, 6) is 3.23. The van der Waals surface area contributed by atoms with Crippen LogP contribution in [0.2, 0.25) is 0 Å². The molecule has 0 atom stereocenters. The SMILES string of the molecule is c1ccc(-c2nc(-c3ccc(-c4ccc(C5(c6ccc7c(c6)oc6ccccc67)c6ccccc6-c6ccccc65)cc4)cc3)nc(-c3ccc4c(c3)oc3cc(-c5cccc(-c6nc(-c7cccc(-c8ccc(C9(c%10ccc%11c(c%10)oc%10ccccc%10%11)c%10ccccc%10-c%10ccccc%109)cc8)c7)nc(-c7ccc8c(c7)oc7ccccc78)n6)c5)ccc34)n2)cc1. The third-order valence-electron chi connectivity index (χ3n) is 26.2. The van der Waals surface area contributed by atoms with Gasteiger partial charge in [-0.05, 0) is 179 Å². The number of nitrogens with zero attached hydrogens (tertiary/aromatic N) is 6. The summed E-state index contributed by atoms with van der Waals surface area (Å²) in [6.07, 6.45) is 0. The largest absolute Gasteiger partial charge is 0.456 e. The lowest BCUT2D eigenvalue weighted by Gasteiger charge is -2.34. The molecule has 0 amide bonds. The minimum absolute atomic E-state index is 0.517. The molecule has 18 aromatic carbocycles. The van der Waals surface area contributed by atoms with Gasteiger partial charge in [0.2, 0.25) is 0 Å². The number of hydrogen-bond acceptors (Lipinski definition) is 10. The number of fused-ring (bicyclic) bond motifs is 18. The summed E-state index contributed by atoms with van der Waals surface area (Å²) >= 11 is 0. The van der Waals surface area contributed by atoms with Crippen molar-refractivity contribution in [2.45, 2.75) is 10.8 Å². The summed E-state index contributed by atoms with van der Waals surface area (Å²) < 4.78 is 26.6. The Balaban J connectivity index is 0.521. The summed E-state index contributed by atoms with van der Waals surface area (Å²) in [7, 11) is 0. The Hall–Kier alpha value is -16.8. The van der Waals surface area contributed by atoms with Crippen molar-refractivity contribution in [1.82, 2.24) is 29.9 Å². The zero-order valence-electron chi connectivity index (χ0n) is 67.6. The van der Waals surface area contributed by atoms with Gasteiger partial charge >= 0.3 is 0 Å². The highest BCUT2D eigenvalue weighted by molar-refractivity contribution is 6.10. The molecule has 126 heavy (non-hydrogen) atoms. The maximum absolute atomic E-state index is 6.90. The van der Waals surface area contributed by atoms with Crippen LogP contribution >= 0.6 is 0 Å². The highest BCUT2D eigenvalue weighted by atomic mass is 16.3. The van der Waals surface area contributed by atoms with Crippen LogP contribution in [0, 0.1) is 0 Å². The monoisotopic (exact) mass is 1610 g/mol. The standard InChI is InChI=1S/C116H68N6O4/c1-2-20-72(21-3-1)109-117-110(73-42-40-69(41-43-73)70-44-51-81(52-45-70)115(97-33-11-4-26-85(97)86-27-5-12-34-98(86)115)83-55-60-95-90-31-9-16-38-102(90)124-107(95)67-83)119-113(118-109)80-50-59-94-93-57-48-76(64-104(93)126-106(94)66-80)75-23-19-25-78(63-75)112-120-111(121-114(122-112)79-49-58-92-89-30-8-15-37-101(89)123-105(92)65-79)77-24-18-22-74(62-77)71-46-53-82(54-47-71)116(99-35-13-6-28-87(99)88-29-7-14-36-100(88)116)84-56-61-96-91-32-10-17-39-103(91)125-108(96)68-84/h1-68H. The van der Waals surface area contributed by atoms with E-state index >= 15 is 0 Å². The molecule has 6 heterocycles. The molecule has 6 aromatic heterocycles. The summed E-state index contributed by atoms with van der Waals surface area (Å²) in [4.78, 5) is 31.6. The van der Waals surface area contributed by atoms with Gasteiger partial charge in [-0.25, -0.2) is 29.9 Å². The molecule has 0 radical (unpaired) electrons. The molecule has 0 saturated heterocycles. The van der Waals surface area contributed by atoms with Crippen LogP contribution in [0.1, 0.15) is 44.5 Å². The average molecular weight is 1610 g/mol. The molecule has 0 spiro atoms. The molecule has 586 valence electrons. The van der Waals surface area contributed by atoms with Crippen molar-refractivity contribution >= 4 is 87.8 Å². The number of rotatable bonds is 13. The molecule has 24 aromatic rings. The Bertz CT molecular complexity index is 8520. The zero-order valence-corrected chi connectivity index (χ0v) is 67.6. The van der Waals surface area contributed by atoms with Crippen LogP contribution in [-0.2, 0) is 10.8 Å². The van der Waals surface area contributed by atoms with E-state index in [9.17, 15) is 0 Å². The maximum atomic E-state index is 6.90. The Morgan fingerprint density at radius 1 is 0.143 bits per heavy atom. The van der Waals surface area contributed by atoms with Gasteiger partial charge in [0.15, 0.2) is 34.9 Å². The molecule has 26 rings (SSSR count). The van der Waals surface area contributed by atoms with Gasteiger partial charge in [0.05, 0.1) is 10.8 Å². The van der Waals surface area contributed by atoms with Gasteiger partial charge in [-0.15, -0.1) is 0 Å². The second kappa shape index (κ2) is 27.9. The molecule has 0 N–H and O–H groups in total. The Labute approximate surface area is 722 Å². The van der Waals surface area contributed by atoms with Gasteiger partial charge in [-0.3, -0.25) is 0 Å². The zero-order chi connectivity index (χ0) is 82.7. The predicted octanol–water partition coefficient (Wildman–Crippen LogP) is 29.4. The number of furan rings is 4. The first-order valence-corrected chi connectivity index (χ1v) is 42.6. The number of aromatic nitrogens is 6. The van der Waals surface area contributed by atoms with Gasteiger partial charge in [0, 0.05) is 76.5 Å². The number of para-hydroxylation sites is 3. The van der Waals surface area contributed by atoms with E-state index in [1.54, 1.807) is 0 Å². The maximum Gasteiger partial charge on any atom is 0.164 e. The van der Waals surface area contributed by atoms with Crippen molar-refractivity contribution in [1.29, 1.82) is 0 Å². The first kappa shape index (κ1) is 71.0. The summed E-state index contributed by atoms with van der Waals surface area (Å²) in [5.41, 5.74) is 30.9. The quantitative estimate of drug-likeness (QED) is 0.110. The molecular weight excluding hydrogens is 1540 g/mol. The first-order chi connectivity index (χ1) is 62.3. The smallest absolute Gasteiger partial charge is 0.164 e. The highest BCUT2D eigenvalue weighted by Crippen LogP contribution is 2.59. The van der Waals surface area contributed by atoms with E-state index in [0.717, 1.165) is 166 Å². The van der Waals surface area contributed by atoms with E-state index in [1.165, 1.54) is 50.1 Å². The number of hydrogen-bond donors (Lipinski definition) is 0. The van der Waals surface area contributed by atoms with Crippen LogP contribution in [0.3, 0.4) is 0 Å². The number of benzene rings is 18. The molecule has 0 fully saturated rings. The molecule has 0 bridgehead atoms. The van der Waals surface area contributed by atoms with E-state index in [4.69, 9.17) is 47.6 Å². The van der Waals surface area contributed by atoms with E-state index in [0.29, 0.717) is 40.5 Å². The summed E-state index contributed by atoms with van der Waals surface area (Å²) in [5, 5.41) is 8.45. The first-order valence-electron chi connectivity index (χ1n) is 42.6. The Morgan fingerprint density at radius 3 is 0.778 bits per heavy atom. The van der Waals surface area contributed by atoms with Crippen molar-refractivity contribution in [2.75, 3.05) is 0 Å². The van der Waals surface area contributed by atoms with E-state index in [1.807, 2.05) is 84.9 Å². The Kier molecular flexibility index (Phi) is 15.7. The third-order valence-corrected chi connectivity index (χ3v) is 26.2. The predicted molar refractivity (Wildman–Crippen MR) is 506 cm³/mol. The van der Waals surface area contributed by atoms with Crippen LogP contribution in [0.15, 0.2) is 430 Å². The normalized spacial score (nSPS) is 13.0. The molecule has 10 nitrogen and oxygen atoms in total. The Morgan fingerprint density at radius 2 is 0.373 bits per heavy atom. The van der Waals surface area contributed by atoms with Crippen molar-refractivity contribution < 1.29 is 17.7 Å². The van der Waals surface area contributed by atoms with E-state index in [-0.39, 0.29) is 0 Å².